The number of carbonyl (C=O) groups is 2. The molecule has 0 aromatic heterocycles. The molecule has 0 atom stereocenters. The van der Waals surface area contributed by atoms with E-state index in [9.17, 15) is 14.7 Å². The number of hydrogen-bond donors (Lipinski definition) is 1. The first-order chi connectivity index (χ1) is 32.9. The maximum absolute atomic E-state index is 13.2. The van der Waals surface area contributed by atoms with Gasteiger partial charge in [0.05, 0.1) is 26.1 Å². The molecule has 0 amide bonds. The van der Waals surface area contributed by atoms with Gasteiger partial charge in [0.15, 0.2) is 12.6 Å². The second-order valence-corrected chi connectivity index (χ2v) is 20.1. The van der Waals surface area contributed by atoms with Crippen LogP contribution in [0, 0.1) is 5.41 Å². The quantitative estimate of drug-likeness (QED) is 0.0359. The molecule has 1 fully saturated rings. The minimum absolute atomic E-state index is 0.0717. The van der Waals surface area contributed by atoms with E-state index in [1.54, 1.807) is 0 Å². The molecular formula is C57H111NO9. The average Bonchev–Trinajstić information content (AvgIpc) is 3.33. The highest BCUT2D eigenvalue weighted by molar-refractivity contribution is 5.69. The van der Waals surface area contributed by atoms with E-state index in [0.717, 1.165) is 83.8 Å². The Kier molecular flexibility index (Phi) is 46.0. The lowest BCUT2D eigenvalue weighted by atomic mass is 9.73. The fourth-order valence-electron chi connectivity index (χ4n) is 9.23. The summed E-state index contributed by atoms with van der Waals surface area (Å²) in [5.41, 5.74) is -0.0717. The van der Waals surface area contributed by atoms with E-state index in [1.165, 1.54) is 154 Å². The maximum atomic E-state index is 13.2. The Morgan fingerprint density at radius 3 is 1.06 bits per heavy atom. The lowest BCUT2D eigenvalue weighted by Crippen LogP contribution is -2.42. The standard InChI is InChI=1S/C57H111NO9/c1-5-9-13-17-21-25-31-47-64-55(65-48-32-26-22-18-14-10-6-2)37-35-53(60)62-51-41-57(39-44-58(45-40-57)43-29-30-46-59)42-52-63-54(61)36-38-56(66-49-33-27-23-19-15-11-7-3)67-50-34-28-24-20-16-12-8-4/h55-56,59H,5-52H2,1-4H3. The number of likely N-dealkylation sites (tertiary alicyclic amines) is 1. The number of ether oxygens (including phenoxy) is 6. The van der Waals surface area contributed by atoms with E-state index >= 15 is 0 Å². The van der Waals surface area contributed by atoms with Gasteiger partial charge < -0.3 is 38.4 Å². The van der Waals surface area contributed by atoms with Crippen molar-refractivity contribution in [3.05, 3.63) is 0 Å². The average molecular weight is 955 g/mol. The number of carbonyl (C=O) groups excluding carboxylic acids is 2. The lowest BCUT2D eigenvalue weighted by molar-refractivity contribution is -0.160. The summed E-state index contributed by atoms with van der Waals surface area (Å²) in [5.74, 6) is -0.407. The van der Waals surface area contributed by atoms with Crippen molar-refractivity contribution in [2.24, 2.45) is 5.41 Å². The van der Waals surface area contributed by atoms with Crippen LogP contribution in [0.5, 0.6) is 0 Å². The molecule has 0 aromatic carbocycles. The van der Waals surface area contributed by atoms with Gasteiger partial charge in [0.1, 0.15) is 0 Å². The molecule has 0 aromatic rings. The molecule has 0 bridgehead atoms. The topological polar surface area (TPSA) is 113 Å². The first kappa shape index (κ1) is 63.7. The first-order valence-electron chi connectivity index (χ1n) is 29.0. The summed E-state index contributed by atoms with van der Waals surface area (Å²) >= 11 is 0. The van der Waals surface area contributed by atoms with Crippen molar-refractivity contribution in [1.82, 2.24) is 4.90 Å². The monoisotopic (exact) mass is 954 g/mol. The predicted octanol–water partition coefficient (Wildman–Crippen LogP) is 15.0. The van der Waals surface area contributed by atoms with Gasteiger partial charge in [-0.15, -0.1) is 0 Å². The Labute approximate surface area is 414 Å². The van der Waals surface area contributed by atoms with E-state index in [0.29, 0.717) is 52.5 Å². The Morgan fingerprint density at radius 2 is 0.746 bits per heavy atom. The molecular weight excluding hydrogens is 843 g/mol. The molecule has 67 heavy (non-hydrogen) atoms. The molecule has 1 saturated heterocycles. The van der Waals surface area contributed by atoms with E-state index in [2.05, 4.69) is 32.6 Å². The molecule has 1 aliphatic heterocycles. The largest absolute Gasteiger partial charge is 0.466 e. The van der Waals surface area contributed by atoms with E-state index in [1.807, 2.05) is 0 Å². The second-order valence-electron chi connectivity index (χ2n) is 20.1. The Hall–Kier alpha value is -1.30. The zero-order valence-corrected chi connectivity index (χ0v) is 44.8. The maximum Gasteiger partial charge on any atom is 0.305 e. The molecule has 0 unspecified atom stereocenters. The SMILES string of the molecule is CCCCCCCCCOC(CCC(=O)OCCC1(CCOC(=O)CCC(OCCCCCCCCC)OCCCCCCCCC)CCN(CCCCO)CC1)OCCCCCCCCC. The smallest absolute Gasteiger partial charge is 0.305 e. The molecule has 0 saturated carbocycles. The van der Waals surface area contributed by atoms with Gasteiger partial charge in [-0.2, -0.15) is 0 Å². The molecule has 0 radical (unpaired) electrons. The van der Waals surface area contributed by atoms with Crippen LogP contribution in [0.3, 0.4) is 0 Å². The Bertz CT molecular complexity index is 946. The third-order valence-corrected chi connectivity index (χ3v) is 14.0. The number of unbranched alkanes of at least 4 members (excludes halogenated alkanes) is 25. The zero-order valence-electron chi connectivity index (χ0n) is 44.8. The molecule has 1 heterocycles. The van der Waals surface area contributed by atoms with Crippen LogP contribution in [-0.4, -0.2) is 100 Å². The van der Waals surface area contributed by atoms with Crippen LogP contribution in [0.1, 0.15) is 272 Å². The van der Waals surface area contributed by atoms with Gasteiger partial charge in [0.2, 0.25) is 0 Å². The van der Waals surface area contributed by atoms with E-state index in [-0.39, 0.29) is 49.4 Å². The minimum Gasteiger partial charge on any atom is -0.466 e. The van der Waals surface area contributed by atoms with Gasteiger partial charge in [0, 0.05) is 45.9 Å². The third-order valence-electron chi connectivity index (χ3n) is 14.0. The summed E-state index contributed by atoms with van der Waals surface area (Å²) in [6.45, 7) is 15.5. The highest BCUT2D eigenvalue weighted by atomic mass is 16.7. The number of rotatable bonds is 52. The van der Waals surface area contributed by atoms with E-state index < -0.39 is 0 Å². The number of esters is 2. The lowest BCUT2D eigenvalue weighted by Gasteiger charge is -2.42. The van der Waals surface area contributed by atoms with Gasteiger partial charge in [-0.05, 0) is 89.3 Å². The van der Waals surface area contributed by atoms with Crippen LogP contribution in [0.2, 0.25) is 0 Å². The van der Waals surface area contributed by atoms with Crippen LogP contribution in [0.15, 0.2) is 0 Å². The van der Waals surface area contributed by atoms with Crippen LogP contribution in [-0.2, 0) is 38.0 Å². The number of aliphatic hydroxyl groups excluding tert-OH is 1. The number of aliphatic hydroxyl groups is 1. The fraction of sp³-hybridized carbons (Fsp3) is 0.965. The van der Waals surface area contributed by atoms with Crippen LogP contribution in [0.25, 0.3) is 0 Å². The van der Waals surface area contributed by atoms with Gasteiger partial charge in [-0.1, -0.05) is 182 Å². The summed E-state index contributed by atoms with van der Waals surface area (Å²) in [7, 11) is 0. The molecule has 0 aliphatic carbocycles. The van der Waals surface area contributed by atoms with Crippen molar-refractivity contribution >= 4 is 11.9 Å². The highest BCUT2D eigenvalue weighted by Crippen LogP contribution is 2.39. The molecule has 1 aliphatic rings. The summed E-state index contributed by atoms with van der Waals surface area (Å²) in [6, 6.07) is 0. The summed E-state index contributed by atoms with van der Waals surface area (Å²) in [6.07, 6.45) is 40.5. The summed E-state index contributed by atoms with van der Waals surface area (Å²) < 4.78 is 36.7. The molecule has 398 valence electrons. The fourth-order valence-corrected chi connectivity index (χ4v) is 9.23. The molecule has 0 spiro atoms. The summed E-state index contributed by atoms with van der Waals surface area (Å²) in [4.78, 5) is 28.8. The van der Waals surface area contributed by atoms with Crippen molar-refractivity contribution in [3.63, 3.8) is 0 Å². The van der Waals surface area contributed by atoms with Crippen LogP contribution >= 0.6 is 0 Å². The van der Waals surface area contributed by atoms with Gasteiger partial charge >= 0.3 is 11.9 Å². The molecule has 10 heteroatoms. The van der Waals surface area contributed by atoms with Crippen LogP contribution < -0.4 is 0 Å². The van der Waals surface area contributed by atoms with E-state index in [4.69, 9.17) is 28.4 Å². The van der Waals surface area contributed by atoms with Gasteiger partial charge in [-0.25, -0.2) is 0 Å². The Balaban J connectivity index is 2.69. The van der Waals surface area contributed by atoms with Gasteiger partial charge in [0.25, 0.3) is 0 Å². The van der Waals surface area contributed by atoms with Crippen molar-refractivity contribution in [3.8, 4) is 0 Å². The van der Waals surface area contributed by atoms with Crippen LogP contribution in [0.4, 0.5) is 0 Å². The van der Waals surface area contributed by atoms with Crippen molar-refractivity contribution < 1.29 is 43.1 Å². The molecule has 1 rings (SSSR count). The first-order valence-corrected chi connectivity index (χ1v) is 29.0. The van der Waals surface area contributed by atoms with Crippen molar-refractivity contribution in [2.75, 3.05) is 65.9 Å². The van der Waals surface area contributed by atoms with Crippen molar-refractivity contribution in [2.45, 2.75) is 284 Å². The number of nitrogens with zero attached hydrogens (tertiary/aromatic N) is 1. The van der Waals surface area contributed by atoms with Crippen molar-refractivity contribution in [1.29, 1.82) is 0 Å². The third kappa shape index (κ3) is 40.0. The molecule has 10 nitrogen and oxygen atoms in total. The Morgan fingerprint density at radius 1 is 0.433 bits per heavy atom. The number of piperidine rings is 1. The minimum atomic E-state index is -0.382. The zero-order chi connectivity index (χ0) is 48.6. The normalized spacial score (nSPS) is 14.1. The second kappa shape index (κ2) is 48.3. The number of hydrogen-bond acceptors (Lipinski definition) is 10. The van der Waals surface area contributed by atoms with Gasteiger partial charge in [-0.3, -0.25) is 9.59 Å². The predicted molar refractivity (Wildman–Crippen MR) is 277 cm³/mol. The summed E-state index contributed by atoms with van der Waals surface area (Å²) in [5, 5.41) is 9.32. The highest BCUT2D eigenvalue weighted by Gasteiger charge is 2.35. The molecule has 1 N–H and O–H groups in total.